The van der Waals surface area contributed by atoms with Gasteiger partial charge in [0.25, 0.3) is 0 Å². The molecule has 0 bridgehead atoms. The van der Waals surface area contributed by atoms with Crippen LogP contribution in [-0.2, 0) is 20.1 Å². The fraction of sp³-hybridized carbons (Fsp3) is 0.0714. The Labute approximate surface area is 129 Å². The predicted molar refractivity (Wildman–Crippen MR) is 83.1 cm³/mol. The molecule has 8 heteroatoms. The minimum Gasteiger partial charge on any atom is -0.366 e. The van der Waals surface area contributed by atoms with E-state index in [-0.39, 0.29) is 10.6 Å². The van der Waals surface area contributed by atoms with Crippen LogP contribution in [0.2, 0.25) is 0 Å². The molecule has 0 aliphatic rings. The fourth-order valence-electron chi connectivity index (χ4n) is 1.55. The van der Waals surface area contributed by atoms with Crippen molar-refractivity contribution in [2.24, 2.45) is 4.40 Å². The number of hydrogen-bond donors (Lipinski definition) is 0. The molecule has 0 saturated heterocycles. The van der Waals surface area contributed by atoms with E-state index in [4.69, 9.17) is 4.18 Å². The number of rotatable bonds is 5. The molecule has 0 aliphatic heterocycles. The van der Waals surface area contributed by atoms with Crippen LogP contribution in [0.5, 0.6) is 5.75 Å². The zero-order valence-electron chi connectivity index (χ0n) is 11.6. The van der Waals surface area contributed by atoms with E-state index in [1.165, 1.54) is 36.4 Å². The molecule has 0 N–H and O–H groups in total. The van der Waals surface area contributed by atoms with E-state index in [1.807, 2.05) is 0 Å². The average Bonchev–Trinajstić information content (AvgIpc) is 2.45. The van der Waals surface area contributed by atoms with Gasteiger partial charge in [0.2, 0.25) is 0 Å². The molecule has 22 heavy (non-hydrogen) atoms. The molecular formula is C14H13NO5S2. The van der Waals surface area contributed by atoms with Crippen LogP contribution in [0.4, 0.5) is 0 Å². The van der Waals surface area contributed by atoms with E-state index in [2.05, 4.69) is 4.40 Å². The van der Waals surface area contributed by atoms with E-state index in [0.29, 0.717) is 5.56 Å². The van der Waals surface area contributed by atoms with Gasteiger partial charge < -0.3 is 4.18 Å². The predicted octanol–water partition coefficient (Wildman–Crippen LogP) is 1.83. The highest BCUT2D eigenvalue weighted by atomic mass is 32.2. The molecule has 0 unspecified atom stereocenters. The maximum atomic E-state index is 11.7. The summed E-state index contributed by atoms with van der Waals surface area (Å²) in [6.45, 7) is 0. The summed E-state index contributed by atoms with van der Waals surface area (Å²) in [6.07, 6.45) is 2.18. The maximum absolute atomic E-state index is 11.7. The van der Waals surface area contributed by atoms with Crippen molar-refractivity contribution in [3.63, 3.8) is 0 Å². The SMILES string of the molecule is CS(=O)(=O)c1ccc(/C=N/S(=O)(=O)Oc2ccccc2)cc1. The topological polar surface area (TPSA) is 89.9 Å². The van der Waals surface area contributed by atoms with Crippen molar-refractivity contribution in [1.82, 2.24) is 0 Å². The third-order valence-electron chi connectivity index (χ3n) is 2.58. The summed E-state index contributed by atoms with van der Waals surface area (Å²) < 4.78 is 54.2. The molecule has 0 atom stereocenters. The molecule has 0 aliphatic carbocycles. The van der Waals surface area contributed by atoms with Gasteiger partial charge in [-0.2, -0.15) is 8.42 Å². The van der Waals surface area contributed by atoms with Crippen molar-refractivity contribution in [3.8, 4) is 5.75 Å². The van der Waals surface area contributed by atoms with Gasteiger partial charge in [0.1, 0.15) is 5.75 Å². The number of benzene rings is 2. The Bertz CT molecular complexity index is 871. The van der Waals surface area contributed by atoms with Gasteiger partial charge in [-0.15, -0.1) is 4.40 Å². The van der Waals surface area contributed by atoms with Crippen molar-refractivity contribution in [3.05, 3.63) is 60.2 Å². The molecule has 0 radical (unpaired) electrons. The molecule has 2 aromatic carbocycles. The van der Waals surface area contributed by atoms with Crippen molar-refractivity contribution < 1.29 is 21.0 Å². The Morgan fingerprint density at radius 1 is 0.909 bits per heavy atom. The van der Waals surface area contributed by atoms with Crippen molar-refractivity contribution in [1.29, 1.82) is 0 Å². The first kappa shape index (κ1) is 16.2. The lowest BCUT2D eigenvalue weighted by Gasteiger charge is -2.02. The van der Waals surface area contributed by atoms with Crippen LogP contribution in [0.1, 0.15) is 5.56 Å². The van der Waals surface area contributed by atoms with E-state index in [0.717, 1.165) is 12.5 Å². The third-order valence-corrected chi connectivity index (χ3v) is 4.48. The van der Waals surface area contributed by atoms with Gasteiger partial charge in [0.05, 0.1) is 11.1 Å². The lowest BCUT2D eigenvalue weighted by Crippen LogP contribution is -2.06. The van der Waals surface area contributed by atoms with Gasteiger partial charge in [0, 0.05) is 6.26 Å². The highest BCUT2D eigenvalue weighted by molar-refractivity contribution is 7.90. The minimum atomic E-state index is -4.12. The Hall–Kier alpha value is -2.19. The van der Waals surface area contributed by atoms with Gasteiger partial charge in [-0.25, -0.2) is 8.42 Å². The molecule has 0 heterocycles. The second-order valence-corrected chi connectivity index (χ2v) is 7.65. The molecule has 2 rings (SSSR count). The Kier molecular flexibility index (Phi) is 4.62. The quantitative estimate of drug-likeness (QED) is 0.775. The van der Waals surface area contributed by atoms with Crippen molar-refractivity contribution >= 4 is 26.4 Å². The fourth-order valence-corrected chi connectivity index (χ4v) is 2.82. The van der Waals surface area contributed by atoms with Crippen LogP contribution in [0.25, 0.3) is 0 Å². The summed E-state index contributed by atoms with van der Waals surface area (Å²) in [5, 5.41) is 0. The molecule has 0 amide bonds. The molecule has 0 spiro atoms. The molecule has 0 saturated carbocycles. The first-order chi connectivity index (χ1) is 10.3. The normalized spacial score (nSPS) is 12.4. The summed E-state index contributed by atoms with van der Waals surface area (Å²) >= 11 is 0. The largest absolute Gasteiger partial charge is 0.428 e. The smallest absolute Gasteiger partial charge is 0.366 e. The maximum Gasteiger partial charge on any atom is 0.428 e. The van der Waals surface area contributed by atoms with Crippen LogP contribution in [0, 0.1) is 0 Å². The van der Waals surface area contributed by atoms with Crippen molar-refractivity contribution in [2.45, 2.75) is 4.90 Å². The molecule has 116 valence electrons. The summed E-state index contributed by atoms with van der Waals surface area (Å²) in [4.78, 5) is 0.146. The van der Waals surface area contributed by atoms with Gasteiger partial charge in [-0.05, 0) is 29.8 Å². The highest BCUT2D eigenvalue weighted by Gasteiger charge is 2.09. The van der Waals surface area contributed by atoms with Crippen LogP contribution in [0.15, 0.2) is 63.9 Å². The van der Waals surface area contributed by atoms with Gasteiger partial charge in [0.15, 0.2) is 9.84 Å². The lowest BCUT2D eigenvalue weighted by molar-refractivity contribution is 0.488. The summed E-state index contributed by atoms with van der Waals surface area (Å²) in [7, 11) is -7.41. The average molecular weight is 339 g/mol. The van der Waals surface area contributed by atoms with E-state index >= 15 is 0 Å². The second-order valence-electron chi connectivity index (χ2n) is 4.40. The number of para-hydroxylation sites is 1. The van der Waals surface area contributed by atoms with Gasteiger partial charge >= 0.3 is 10.3 Å². The van der Waals surface area contributed by atoms with Crippen LogP contribution in [-0.4, -0.2) is 29.3 Å². The third kappa shape index (κ3) is 4.68. The second kappa shape index (κ2) is 6.29. The monoisotopic (exact) mass is 339 g/mol. The Morgan fingerprint density at radius 3 is 2.05 bits per heavy atom. The summed E-state index contributed by atoms with van der Waals surface area (Å²) in [5.41, 5.74) is 0.438. The summed E-state index contributed by atoms with van der Waals surface area (Å²) in [6, 6.07) is 13.7. The Balaban J connectivity index is 2.14. The van der Waals surface area contributed by atoms with Crippen LogP contribution >= 0.6 is 0 Å². The van der Waals surface area contributed by atoms with Gasteiger partial charge in [-0.1, -0.05) is 30.3 Å². The first-order valence-corrected chi connectivity index (χ1v) is 9.37. The number of hydrogen-bond acceptors (Lipinski definition) is 5. The number of nitrogens with zero attached hydrogens (tertiary/aromatic N) is 1. The molecule has 0 aromatic heterocycles. The molecular weight excluding hydrogens is 326 g/mol. The zero-order chi connectivity index (χ0) is 16.2. The van der Waals surface area contributed by atoms with Crippen LogP contribution < -0.4 is 4.18 Å². The molecule has 2 aromatic rings. The molecule has 6 nitrogen and oxygen atoms in total. The van der Waals surface area contributed by atoms with E-state index in [9.17, 15) is 16.8 Å². The lowest BCUT2D eigenvalue weighted by atomic mass is 10.2. The van der Waals surface area contributed by atoms with Crippen LogP contribution in [0.3, 0.4) is 0 Å². The molecule has 0 fully saturated rings. The first-order valence-electron chi connectivity index (χ1n) is 6.11. The zero-order valence-corrected chi connectivity index (χ0v) is 13.2. The standard InChI is InChI=1S/C14H13NO5S2/c1-21(16,17)14-9-7-12(8-10-14)11-15-22(18,19)20-13-5-3-2-4-6-13/h2-11H,1H3/b15-11+. The highest BCUT2D eigenvalue weighted by Crippen LogP contribution is 2.13. The summed E-state index contributed by atoms with van der Waals surface area (Å²) in [5.74, 6) is 0.159. The van der Waals surface area contributed by atoms with E-state index < -0.39 is 20.1 Å². The van der Waals surface area contributed by atoms with E-state index in [1.54, 1.807) is 18.2 Å². The number of sulfone groups is 1. The Morgan fingerprint density at radius 2 is 1.50 bits per heavy atom. The van der Waals surface area contributed by atoms with Crippen molar-refractivity contribution in [2.75, 3.05) is 6.26 Å². The van der Waals surface area contributed by atoms with Gasteiger partial charge in [-0.3, -0.25) is 0 Å². The minimum absolute atomic E-state index is 0.146.